The lowest BCUT2D eigenvalue weighted by molar-refractivity contribution is 0.286. The molecule has 1 fully saturated rings. The molecule has 0 unspecified atom stereocenters. The largest absolute Gasteiger partial charge is 0.363 e. The maximum Gasteiger partial charge on any atom is 0.0817 e. The summed E-state index contributed by atoms with van der Waals surface area (Å²) in [6.45, 7) is 8.45. The highest BCUT2D eigenvalue weighted by atomic mass is 15.1. The van der Waals surface area contributed by atoms with E-state index in [0.717, 1.165) is 19.0 Å². The molecule has 2 nitrogen and oxygen atoms in total. The molecule has 0 saturated carbocycles. The van der Waals surface area contributed by atoms with E-state index in [4.69, 9.17) is 5.41 Å². The van der Waals surface area contributed by atoms with Gasteiger partial charge < -0.3 is 4.90 Å². The van der Waals surface area contributed by atoms with E-state index in [-0.39, 0.29) is 0 Å². The quantitative estimate of drug-likeness (QED) is 0.458. The number of nitrogens with one attached hydrogen (secondary N) is 1. The summed E-state index contributed by atoms with van der Waals surface area (Å²) in [5.74, 6) is 0.876. The van der Waals surface area contributed by atoms with E-state index in [2.05, 4.69) is 11.8 Å². The van der Waals surface area contributed by atoms with Crippen molar-refractivity contribution in [2.75, 3.05) is 13.1 Å². The summed E-state index contributed by atoms with van der Waals surface area (Å²) >= 11 is 0. The number of hydrogen-bond acceptors (Lipinski definition) is 1. The highest BCUT2D eigenvalue weighted by molar-refractivity contribution is 5.50. The summed E-state index contributed by atoms with van der Waals surface area (Å²) in [4.78, 5) is 2.07. The van der Waals surface area contributed by atoms with Gasteiger partial charge in [0.25, 0.3) is 0 Å². The minimum Gasteiger partial charge on any atom is -0.363 e. The molecule has 1 saturated heterocycles. The van der Waals surface area contributed by atoms with Gasteiger partial charge in [-0.3, -0.25) is 5.41 Å². The second-order valence-electron chi connectivity index (χ2n) is 2.85. The predicted octanol–water partition coefficient (Wildman–Crippen LogP) is 2.35. The summed E-state index contributed by atoms with van der Waals surface area (Å²) in [6.07, 6.45) is 3.97. The average molecular weight is 156 g/mol. The van der Waals surface area contributed by atoms with Crippen LogP contribution in [0.3, 0.4) is 0 Å². The number of nitrogens with zero attached hydrogens (tertiary/aromatic N) is 1. The lowest BCUT2D eigenvalue weighted by Crippen LogP contribution is -2.31. The fourth-order valence-corrected chi connectivity index (χ4v) is 1.16. The Morgan fingerprint density at radius 1 is 1.27 bits per heavy atom. The maximum absolute atomic E-state index is 6.96. The first-order chi connectivity index (χ1) is 5.33. The van der Waals surface area contributed by atoms with Crippen LogP contribution in [0.4, 0.5) is 0 Å². The first-order valence-electron chi connectivity index (χ1n) is 4.57. The monoisotopic (exact) mass is 156 g/mol. The molecule has 0 radical (unpaired) electrons. The second-order valence-corrected chi connectivity index (χ2v) is 2.85. The molecule has 66 valence electrons. The summed E-state index contributed by atoms with van der Waals surface area (Å²) in [5.41, 5.74) is 0. The van der Waals surface area contributed by atoms with Gasteiger partial charge in [0.05, 0.1) is 6.34 Å². The zero-order valence-corrected chi connectivity index (χ0v) is 7.93. The summed E-state index contributed by atoms with van der Waals surface area (Å²) in [7, 11) is 0. The number of piperidine rings is 1. The van der Waals surface area contributed by atoms with Gasteiger partial charge in [0.1, 0.15) is 0 Å². The third-order valence-electron chi connectivity index (χ3n) is 2.00. The summed E-state index contributed by atoms with van der Waals surface area (Å²) in [5, 5.41) is 6.96. The van der Waals surface area contributed by atoms with E-state index in [0.29, 0.717) is 0 Å². The zero-order valence-electron chi connectivity index (χ0n) is 7.93. The SMILES string of the molecule is CC.CC1CCN(C=N)CC1. The lowest BCUT2D eigenvalue weighted by atomic mass is 10.00. The van der Waals surface area contributed by atoms with Crippen LogP contribution in [-0.2, 0) is 0 Å². The molecule has 0 aliphatic carbocycles. The van der Waals surface area contributed by atoms with E-state index in [1.165, 1.54) is 19.2 Å². The van der Waals surface area contributed by atoms with Crippen LogP contribution in [0.15, 0.2) is 0 Å². The first kappa shape index (κ1) is 10.5. The van der Waals surface area contributed by atoms with Crippen molar-refractivity contribution < 1.29 is 0 Å². The van der Waals surface area contributed by atoms with Gasteiger partial charge in [0, 0.05) is 13.1 Å². The Morgan fingerprint density at radius 3 is 2.09 bits per heavy atom. The molecule has 1 N–H and O–H groups in total. The van der Waals surface area contributed by atoms with Gasteiger partial charge in [-0.25, -0.2) is 0 Å². The van der Waals surface area contributed by atoms with Crippen molar-refractivity contribution in [1.82, 2.24) is 4.90 Å². The Morgan fingerprint density at radius 2 is 1.73 bits per heavy atom. The normalized spacial score (nSPS) is 18.6. The summed E-state index contributed by atoms with van der Waals surface area (Å²) < 4.78 is 0. The van der Waals surface area contributed by atoms with Crippen molar-refractivity contribution in [1.29, 1.82) is 5.41 Å². The van der Waals surface area contributed by atoms with Crippen molar-refractivity contribution in [3.63, 3.8) is 0 Å². The molecule has 0 aromatic rings. The molecule has 0 bridgehead atoms. The molecule has 11 heavy (non-hydrogen) atoms. The molecule has 1 aliphatic heterocycles. The van der Waals surface area contributed by atoms with E-state index < -0.39 is 0 Å². The molecule has 0 atom stereocenters. The molecule has 0 amide bonds. The molecule has 0 spiro atoms. The van der Waals surface area contributed by atoms with Gasteiger partial charge in [-0.05, 0) is 18.8 Å². The highest BCUT2D eigenvalue weighted by Crippen LogP contribution is 2.13. The van der Waals surface area contributed by atoms with Crippen molar-refractivity contribution in [2.45, 2.75) is 33.6 Å². The minimum atomic E-state index is 0.876. The number of likely N-dealkylation sites (tertiary alicyclic amines) is 1. The average Bonchev–Trinajstić information content (AvgIpc) is 2.10. The Labute approximate surface area is 70.1 Å². The van der Waals surface area contributed by atoms with Gasteiger partial charge in [0.2, 0.25) is 0 Å². The molecular formula is C9H20N2. The van der Waals surface area contributed by atoms with Crippen LogP contribution in [-0.4, -0.2) is 24.3 Å². The van der Waals surface area contributed by atoms with Crippen LogP contribution in [0, 0.1) is 11.3 Å². The molecule has 1 heterocycles. The molecule has 0 aromatic heterocycles. The molecule has 1 aliphatic rings. The topological polar surface area (TPSA) is 27.1 Å². The van der Waals surface area contributed by atoms with Crippen LogP contribution >= 0.6 is 0 Å². The Balaban J connectivity index is 0.000000461. The smallest absolute Gasteiger partial charge is 0.0817 e. The Kier molecular flexibility index (Phi) is 5.90. The number of rotatable bonds is 1. The van der Waals surface area contributed by atoms with E-state index in [9.17, 15) is 0 Å². The van der Waals surface area contributed by atoms with E-state index >= 15 is 0 Å². The molecule has 2 heteroatoms. The molecular weight excluding hydrogens is 136 g/mol. The van der Waals surface area contributed by atoms with Gasteiger partial charge in [-0.15, -0.1) is 0 Å². The second kappa shape index (κ2) is 6.20. The predicted molar refractivity (Wildman–Crippen MR) is 50.1 cm³/mol. The fourth-order valence-electron chi connectivity index (χ4n) is 1.16. The Hall–Kier alpha value is -0.530. The van der Waals surface area contributed by atoms with Crippen LogP contribution in [0.25, 0.3) is 0 Å². The van der Waals surface area contributed by atoms with Crippen molar-refractivity contribution in [3.05, 3.63) is 0 Å². The van der Waals surface area contributed by atoms with Crippen LogP contribution in [0.1, 0.15) is 33.6 Å². The molecule has 1 rings (SSSR count). The van der Waals surface area contributed by atoms with Gasteiger partial charge in [-0.1, -0.05) is 20.8 Å². The third-order valence-corrected chi connectivity index (χ3v) is 2.00. The van der Waals surface area contributed by atoms with Crippen LogP contribution in [0.2, 0.25) is 0 Å². The zero-order chi connectivity index (χ0) is 8.69. The fraction of sp³-hybridized carbons (Fsp3) is 0.889. The summed E-state index contributed by atoms with van der Waals surface area (Å²) in [6, 6.07) is 0. The Bertz CT molecular complexity index is 93.7. The van der Waals surface area contributed by atoms with Gasteiger partial charge in [0.15, 0.2) is 0 Å². The number of hydrogen-bond donors (Lipinski definition) is 1. The highest BCUT2D eigenvalue weighted by Gasteiger charge is 2.11. The van der Waals surface area contributed by atoms with E-state index in [1.807, 2.05) is 13.8 Å². The minimum absolute atomic E-state index is 0.876. The molecule has 0 aromatic carbocycles. The van der Waals surface area contributed by atoms with Gasteiger partial charge in [-0.2, -0.15) is 0 Å². The van der Waals surface area contributed by atoms with Crippen molar-refractivity contribution >= 4 is 6.34 Å². The standard InChI is InChI=1S/C7H14N2.C2H6/c1-7-2-4-9(6-8)5-3-7;1-2/h6-8H,2-5H2,1H3;1-2H3. The van der Waals surface area contributed by atoms with Crippen LogP contribution < -0.4 is 0 Å². The lowest BCUT2D eigenvalue weighted by Gasteiger charge is -2.27. The van der Waals surface area contributed by atoms with Gasteiger partial charge >= 0.3 is 0 Å². The van der Waals surface area contributed by atoms with Crippen LogP contribution in [0.5, 0.6) is 0 Å². The maximum atomic E-state index is 6.96. The van der Waals surface area contributed by atoms with Crippen molar-refractivity contribution in [3.8, 4) is 0 Å². The van der Waals surface area contributed by atoms with E-state index in [1.54, 1.807) is 0 Å². The third kappa shape index (κ3) is 4.02. The first-order valence-corrected chi connectivity index (χ1v) is 4.57. The van der Waals surface area contributed by atoms with Crippen molar-refractivity contribution in [2.24, 2.45) is 5.92 Å².